The average molecular weight is 426 g/mol. The molecule has 30 heavy (non-hydrogen) atoms. The molecule has 0 aliphatic carbocycles. The van der Waals surface area contributed by atoms with Crippen LogP contribution in [0.25, 0.3) is 0 Å². The van der Waals surface area contributed by atoms with Gasteiger partial charge in [-0.05, 0) is 52.9 Å². The van der Waals surface area contributed by atoms with Gasteiger partial charge in [-0.25, -0.2) is 4.79 Å². The monoisotopic (exact) mass is 425 g/mol. The Morgan fingerprint density at radius 3 is 2.43 bits per heavy atom. The maximum absolute atomic E-state index is 12.4. The van der Waals surface area contributed by atoms with Crippen LogP contribution < -0.4 is 21.7 Å². The summed E-state index contributed by atoms with van der Waals surface area (Å²) in [6.07, 6.45) is 1.36. The Balaban J connectivity index is 2.70. The first-order valence-corrected chi connectivity index (χ1v) is 10.1. The maximum atomic E-state index is 12.4. The topological polar surface area (TPSA) is 168 Å². The van der Waals surface area contributed by atoms with E-state index >= 15 is 0 Å². The number of carbonyl (C=O) groups excluding carboxylic acids is 2. The van der Waals surface area contributed by atoms with Gasteiger partial charge in [-0.3, -0.25) is 10.2 Å². The molecule has 2 atom stereocenters. The highest BCUT2D eigenvalue weighted by Gasteiger charge is 2.26. The van der Waals surface area contributed by atoms with Crippen molar-refractivity contribution in [3.8, 4) is 0 Å². The Morgan fingerprint density at radius 1 is 1.20 bits per heavy atom. The van der Waals surface area contributed by atoms with Crippen LogP contribution in [0.15, 0.2) is 4.42 Å². The summed E-state index contributed by atoms with van der Waals surface area (Å²) < 4.78 is 10.8. The largest absolute Gasteiger partial charge is 0.444 e. The smallest absolute Gasteiger partial charge is 0.408 e. The first-order chi connectivity index (χ1) is 13.9. The molecule has 0 bridgehead atoms. The Kier molecular flexibility index (Phi) is 9.54. The molecule has 0 aliphatic heterocycles. The lowest BCUT2D eigenvalue weighted by Gasteiger charge is -2.23. The number of nitrogens with two attached hydrogens (primary N) is 1. The molecule has 1 aromatic rings. The minimum absolute atomic E-state index is 0.0824. The minimum atomic E-state index is -0.636. The highest BCUT2D eigenvalue weighted by atomic mass is 16.6. The number of nitrogens with one attached hydrogen (secondary N) is 4. The van der Waals surface area contributed by atoms with E-state index in [1.165, 1.54) is 0 Å². The van der Waals surface area contributed by atoms with Gasteiger partial charge in [0.15, 0.2) is 5.96 Å². The quantitative estimate of drug-likeness (QED) is 0.215. The molecule has 0 aliphatic rings. The lowest BCUT2D eigenvalue weighted by atomic mass is 10.0. The van der Waals surface area contributed by atoms with Crippen LogP contribution >= 0.6 is 0 Å². The van der Waals surface area contributed by atoms with Crippen molar-refractivity contribution in [3.05, 3.63) is 11.8 Å². The normalized spacial score (nSPS) is 13.4. The highest BCUT2D eigenvalue weighted by Crippen LogP contribution is 2.21. The summed E-state index contributed by atoms with van der Waals surface area (Å²) >= 11 is 0. The molecule has 0 radical (unpaired) electrons. The van der Waals surface area contributed by atoms with Crippen LogP contribution in [0.2, 0.25) is 0 Å². The van der Waals surface area contributed by atoms with E-state index < -0.39 is 23.6 Å². The number of ether oxygens (including phenoxy) is 1. The SMILES string of the molecule is CC(C)C[C@H](NC(=O)OC(C)(C)C)c1nnc(C(=O)NC(C)CCCNC(=N)N)o1. The molecule has 1 heterocycles. The van der Waals surface area contributed by atoms with Gasteiger partial charge >= 0.3 is 17.9 Å². The fourth-order valence-corrected chi connectivity index (χ4v) is 2.60. The van der Waals surface area contributed by atoms with Gasteiger partial charge < -0.3 is 30.8 Å². The Morgan fingerprint density at radius 2 is 1.87 bits per heavy atom. The maximum Gasteiger partial charge on any atom is 0.408 e. The average Bonchev–Trinajstić information content (AvgIpc) is 3.06. The second-order valence-corrected chi connectivity index (χ2v) is 8.63. The van der Waals surface area contributed by atoms with Crippen LogP contribution in [0.1, 0.15) is 83.4 Å². The lowest BCUT2D eigenvalue weighted by molar-refractivity contribution is 0.0488. The van der Waals surface area contributed by atoms with Gasteiger partial charge in [0.1, 0.15) is 11.6 Å². The van der Waals surface area contributed by atoms with Crippen molar-refractivity contribution in [2.45, 2.75) is 78.5 Å². The molecule has 0 saturated carbocycles. The summed E-state index contributed by atoms with van der Waals surface area (Å²) in [6, 6.07) is -0.697. The molecule has 0 fully saturated rings. The first kappa shape index (κ1) is 25.2. The summed E-state index contributed by atoms with van der Waals surface area (Å²) in [5.41, 5.74) is 4.59. The van der Waals surface area contributed by atoms with Crippen LogP contribution in [0, 0.1) is 11.3 Å². The standard InChI is InChI=1S/C19H35N7O4/c1-11(2)10-13(24-18(28)30-19(4,5)6)15-25-26-16(29-15)14(27)23-12(3)8-7-9-22-17(20)21/h11-13H,7-10H2,1-6H3,(H,23,27)(H,24,28)(H4,20,21,22)/t12?,13-/m0/s1. The molecule has 6 N–H and O–H groups in total. The van der Waals surface area contributed by atoms with Crippen LogP contribution in [0.3, 0.4) is 0 Å². The third-order valence-corrected chi connectivity index (χ3v) is 3.84. The number of alkyl carbamates (subject to hydrolysis) is 1. The molecule has 2 amide bonds. The number of rotatable bonds is 10. The summed E-state index contributed by atoms with van der Waals surface area (Å²) in [5, 5.41) is 23.1. The Hall–Kier alpha value is -2.85. The third kappa shape index (κ3) is 10.1. The van der Waals surface area contributed by atoms with Gasteiger partial charge in [0.25, 0.3) is 0 Å². The first-order valence-electron chi connectivity index (χ1n) is 10.1. The molecule has 11 heteroatoms. The van der Waals surface area contributed by atoms with Crippen LogP contribution in [-0.2, 0) is 4.74 Å². The van der Waals surface area contributed by atoms with E-state index in [2.05, 4.69) is 26.1 Å². The summed E-state index contributed by atoms with van der Waals surface area (Å²) in [4.78, 5) is 24.5. The minimum Gasteiger partial charge on any atom is -0.444 e. The zero-order chi connectivity index (χ0) is 22.9. The van der Waals surface area contributed by atoms with Gasteiger partial charge in [0, 0.05) is 12.6 Å². The highest BCUT2D eigenvalue weighted by molar-refractivity contribution is 5.89. The second-order valence-electron chi connectivity index (χ2n) is 8.63. The van der Waals surface area contributed by atoms with E-state index in [9.17, 15) is 9.59 Å². The number of carbonyl (C=O) groups is 2. The predicted octanol–water partition coefficient (Wildman–Crippen LogP) is 2.06. The summed E-state index contributed by atoms with van der Waals surface area (Å²) in [5.74, 6) is -0.350. The fraction of sp³-hybridized carbons (Fsp3) is 0.737. The molecule has 1 rings (SSSR count). The van der Waals surface area contributed by atoms with Crippen LogP contribution in [0.5, 0.6) is 0 Å². The summed E-state index contributed by atoms with van der Waals surface area (Å²) in [7, 11) is 0. The van der Waals surface area contributed by atoms with E-state index in [1.54, 1.807) is 20.8 Å². The van der Waals surface area contributed by atoms with Gasteiger partial charge in [-0.2, -0.15) is 0 Å². The fourth-order valence-electron chi connectivity index (χ4n) is 2.60. The van der Waals surface area contributed by atoms with Gasteiger partial charge in [0.2, 0.25) is 5.89 Å². The lowest BCUT2D eigenvalue weighted by Crippen LogP contribution is -2.35. The Bertz CT molecular complexity index is 712. The van der Waals surface area contributed by atoms with Crippen molar-refractivity contribution in [2.75, 3.05) is 6.54 Å². The molecule has 170 valence electrons. The van der Waals surface area contributed by atoms with E-state index in [0.29, 0.717) is 19.4 Å². The molecule has 1 unspecified atom stereocenters. The van der Waals surface area contributed by atoms with Crippen LogP contribution in [0.4, 0.5) is 4.79 Å². The second kappa shape index (κ2) is 11.4. The Labute approximate surface area is 177 Å². The number of amides is 2. The number of nitrogens with zero attached hydrogens (tertiary/aromatic N) is 2. The number of aromatic nitrogens is 2. The molecule has 0 spiro atoms. The van der Waals surface area contributed by atoms with Crippen molar-refractivity contribution in [1.29, 1.82) is 5.41 Å². The van der Waals surface area contributed by atoms with Gasteiger partial charge in [0.05, 0.1) is 0 Å². The molecule has 0 aromatic carbocycles. The van der Waals surface area contributed by atoms with Crippen molar-refractivity contribution in [3.63, 3.8) is 0 Å². The molecule has 1 aromatic heterocycles. The number of guanidine groups is 1. The van der Waals surface area contributed by atoms with E-state index in [1.807, 2.05) is 20.8 Å². The molecule has 0 saturated heterocycles. The van der Waals surface area contributed by atoms with Gasteiger partial charge in [-0.15, -0.1) is 10.2 Å². The number of hydrogen-bond acceptors (Lipinski definition) is 7. The predicted molar refractivity (Wildman–Crippen MR) is 112 cm³/mol. The van der Waals surface area contributed by atoms with Crippen molar-refractivity contribution < 1.29 is 18.7 Å². The van der Waals surface area contributed by atoms with E-state index in [-0.39, 0.29) is 29.7 Å². The van der Waals surface area contributed by atoms with E-state index in [4.69, 9.17) is 20.3 Å². The third-order valence-electron chi connectivity index (χ3n) is 3.84. The van der Waals surface area contributed by atoms with Crippen LogP contribution in [-0.4, -0.2) is 46.3 Å². The summed E-state index contributed by atoms with van der Waals surface area (Å²) in [6.45, 7) is 11.7. The zero-order valence-electron chi connectivity index (χ0n) is 18.7. The molecule has 11 nitrogen and oxygen atoms in total. The van der Waals surface area contributed by atoms with E-state index in [0.717, 1.165) is 6.42 Å². The molecular weight excluding hydrogens is 390 g/mol. The van der Waals surface area contributed by atoms with Gasteiger partial charge in [-0.1, -0.05) is 13.8 Å². The zero-order valence-corrected chi connectivity index (χ0v) is 18.7. The van der Waals surface area contributed by atoms with Crippen molar-refractivity contribution in [2.24, 2.45) is 11.7 Å². The van der Waals surface area contributed by atoms with Crippen molar-refractivity contribution >= 4 is 18.0 Å². The van der Waals surface area contributed by atoms with Crippen molar-refractivity contribution in [1.82, 2.24) is 26.1 Å². The number of hydrogen-bond donors (Lipinski definition) is 5. The molecular formula is C19H35N7O4.